The Hall–Kier alpha value is -1.63. The van der Waals surface area contributed by atoms with Crippen LogP contribution in [0.5, 0.6) is 0 Å². The van der Waals surface area contributed by atoms with E-state index in [0.717, 1.165) is 37.2 Å². The van der Waals surface area contributed by atoms with Crippen LogP contribution in [0.4, 0.5) is 5.69 Å². The van der Waals surface area contributed by atoms with Crippen LogP contribution in [0.3, 0.4) is 0 Å². The van der Waals surface area contributed by atoms with Gasteiger partial charge >= 0.3 is 5.97 Å². The van der Waals surface area contributed by atoms with E-state index in [1.807, 2.05) is 43.1 Å². The largest absolute Gasteiger partial charge is 0.480 e. The molecule has 1 aromatic carbocycles. The highest BCUT2D eigenvalue weighted by molar-refractivity contribution is 5.92. The van der Waals surface area contributed by atoms with Crippen molar-refractivity contribution in [2.24, 2.45) is 0 Å². The minimum Gasteiger partial charge on any atom is -0.480 e. The van der Waals surface area contributed by atoms with Gasteiger partial charge in [-0.2, -0.15) is 0 Å². The number of amides is 1. The van der Waals surface area contributed by atoms with E-state index in [0.29, 0.717) is 6.54 Å². The Morgan fingerprint density at radius 1 is 1.25 bits per heavy atom. The van der Waals surface area contributed by atoms with E-state index in [2.05, 4.69) is 10.2 Å². The van der Waals surface area contributed by atoms with Gasteiger partial charge in [-0.3, -0.25) is 19.4 Å². The van der Waals surface area contributed by atoms with Crippen LogP contribution in [-0.2, 0) is 9.59 Å². The van der Waals surface area contributed by atoms with E-state index in [-0.39, 0.29) is 30.9 Å². The van der Waals surface area contributed by atoms with Gasteiger partial charge in [-0.1, -0.05) is 17.7 Å². The van der Waals surface area contributed by atoms with E-state index in [4.69, 9.17) is 5.11 Å². The molecule has 0 aromatic heterocycles. The molecule has 2 N–H and O–H groups in total. The first-order valence-electron chi connectivity index (χ1n) is 7.95. The topological polar surface area (TPSA) is 72.9 Å². The lowest BCUT2D eigenvalue weighted by molar-refractivity contribution is -0.138. The first-order chi connectivity index (χ1) is 10.9. The third-order valence-corrected chi connectivity index (χ3v) is 4.27. The second-order valence-corrected chi connectivity index (χ2v) is 6.23. The number of hydrogen-bond donors (Lipinski definition) is 2. The Morgan fingerprint density at radius 2 is 1.83 bits per heavy atom. The first kappa shape index (κ1) is 20.4. The molecule has 1 aliphatic rings. The fourth-order valence-corrected chi connectivity index (χ4v) is 2.90. The summed E-state index contributed by atoms with van der Waals surface area (Å²) in [7, 11) is 1.85. The molecule has 2 rings (SSSR count). The van der Waals surface area contributed by atoms with E-state index in [1.165, 1.54) is 0 Å². The molecule has 134 valence electrons. The van der Waals surface area contributed by atoms with Crippen molar-refractivity contribution in [3.05, 3.63) is 29.8 Å². The normalized spacial score (nSPS) is 15.8. The van der Waals surface area contributed by atoms with Crippen molar-refractivity contribution < 1.29 is 14.7 Å². The van der Waals surface area contributed by atoms with Crippen molar-refractivity contribution in [1.82, 2.24) is 9.80 Å². The fourth-order valence-electron chi connectivity index (χ4n) is 2.90. The molecule has 0 atom stereocenters. The molecule has 1 heterocycles. The second-order valence-electron chi connectivity index (χ2n) is 6.23. The zero-order valence-corrected chi connectivity index (χ0v) is 15.0. The van der Waals surface area contributed by atoms with Gasteiger partial charge in [0.25, 0.3) is 0 Å². The number of anilines is 1. The van der Waals surface area contributed by atoms with Crippen molar-refractivity contribution in [2.75, 3.05) is 38.5 Å². The van der Waals surface area contributed by atoms with Gasteiger partial charge in [0.15, 0.2) is 0 Å². The predicted octanol–water partition coefficient (Wildman–Crippen LogP) is 1.84. The summed E-state index contributed by atoms with van der Waals surface area (Å²) < 4.78 is 0. The number of aryl methyl sites for hydroxylation is 1. The van der Waals surface area contributed by atoms with E-state index in [1.54, 1.807) is 0 Å². The minimum absolute atomic E-state index is 0. The Morgan fingerprint density at radius 3 is 2.38 bits per heavy atom. The highest BCUT2D eigenvalue weighted by Crippen LogP contribution is 2.15. The second kappa shape index (κ2) is 9.61. The average Bonchev–Trinajstić information content (AvgIpc) is 2.49. The Balaban J connectivity index is 0.00000288. The summed E-state index contributed by atoms with van der Waals surface area (Å²) in [5, 5.41) is 11.7. The number of hydrogen-bond acceptors (Lipinski definition) is 4. The number of carboxylic acid groups (broad SMARTS) is 1. The van der Waals surface area contributed by atoms with Crippen molar-refractivity contribution in [1.29, 1.82) is 0 Å². The molecule has 0 spiro atoms. The number of likely N-dealkylation sites (tertiary alicyclic amines) is 1. The molecule has 0 saturated carbocycles. The summed E-state index contributed by atoms with van der Waals surface area (Å²) in [5.41, 5.74) is 1.98. The van der Waals surface area contributed by atoms with Crippen molar-refractivity contribution in [3.63, 3.8) is 0 Å². The maximum absolute atomic E-state index is 12.1. The summed E-state index contributed by atoms with van der Waals surface area (Å²) in [5.74, 6) is -0.807. The standard InChI is InChI=1S/C17H25N3O3.ClH/c1-13-3-5-14(6-4-13)18-16(21)11-20-9-7-15(8-10-20)19(2)12-17(22)23;/h3-6,15H,7-12H2,1-2H3,(H,18,21)(H,22,23);1H. The highest BCUT2D eigenvalue weighted by Gasteiger charge is 2.24. The van der Waals surface area contributed by atoms with Gasteiger partial charge in [-0.15, -0.1) is 12.4 Å². The van der Waals surface area contributed by atoms with Gasteiger partial charge in [-0.25, -0.2) is 0 Å². The van der Waals surface area contributed by atoms with E-state index < -0.39 is 5.97 Å². The van der Waals surface area contributed by atoms with E-state index in [9.17, 15) is 9.59 Å². The van der Waals surface area contributed by atoms with Gasteiger partial charge in [0.05, 0.1) is 13.1 Å². The lowest BCUT2D eigenvalue weighted by Crippen LogP contribution is -2.46. The monoisotopic (exact) mass is 355 g/mol. The number of carbonyl (C=O) groups is 2. The molecule has 1 aromatic rings. The van der Waals surface area contributed by atoms with Crippen LogP contribution in [-0.4, -0.2) is 66.1 Å². The van der Waals surface area contributed by atoms with Crippen LogP contribution in [0, 0.1) is 6.92 Å². The van der Waals surface area contributed by atoms with Crippen LogP contribution < -0.4 is 5.32 Å². The summed E-state index contributed by atoms with van der Waals surface area (Å²) >= 11 is 0. The highest BCUT2D eigenvalue weighted by atomic mass is 35.5. The fraction of sp³-hybridized carbons (Fsp3) is 0.529. The Bertz CT molecular complexity index is 543. The number of nitrogens with zero attached hydrogens (tertiary/aromatic N) is 2. The molecule has 0 aliphatic carbocycles. The lowest BCUT2D eigenvalue weighted by Gasteiger charge is -2.35. The summed E-state index contributed by atoms with van der Waals surface area (Å²) in [4.78, 5) is 26.8. The summed E-state index contributed by atoms with van der Waals surface area (Å²) in [6.07, 6.45) is 1.78. The van der Waals surface area contributed by atoms with E-state index >= 15 is 0 Å². The minimum atomic E-state index is -0.799. The molecule has 1 fully saturated rings. The zero-order valence-electron chi connectivity index (χ0n) is 14.2. The Labute approximate surface area is 149 Å². The quantitative estimate of drug-likeness (QED) is 0.814. The number of halogens is 1. The van der Waals surface area contributed by atoms with Crippen LogP contribution in [0.25, 0.3) is 0 Å². The molecule has 6 nitrogen and oxygen atoms in total. The number of benzene rings is 1. The van der Waals surface area contributed by atoms with Crippen LogP contribution >= 0.6 is 12.4 Å². The van der Waals surface area contributed by atoms with Crippen molar-refractivity contribution in [2.45, 2.75) is 25.8 Å². The number of aliphatic carboxylic acids is 1. The molecule has 1 saturated heterocycles. The maximum Gasteiger partial charge on any atom is 0.317 e. The summed E-state index contributed by atoms with van der Waals surface area (Å²) in [6.45, 7) is 4.09. The number of likely N-dealkylation sites (N-methyl/N-ethyl adjacent to an activating group) is 1. The average molecular weight is 356 g/mol. The molecular formula is C17H26ClN3O3. The molecule has 1 amide bonds. The number of nitrogens with one attached hydrogen (secondary N) is 1. The SMILES string of the molecule is Cc1ccc(NC(=O)CN2CCC(N(C)CC(=O)O)CC2)cc1.Cl. The van der Waals surface area contributed by atoms with Crippen molar-refractivity contribution in [3.8, 4) is 0 Å². The van der Waals surface area contributed by atoms with Gasteiger partial charge < -0.3 is 10.4 Å². The maximum atomic E-state index is 12.1. The third-order valence-electron chi connectivity index (χ3n) is 4.27. The molecular weight excluding hydrogens is 330 g/mol. The molecule has 24 heavy (non-hydrogen) atoms. The Kier molecular flexibility index (Phi) is 8.18. The number of piperidine rings is 1. The molecule has 0 bridgehead atoms. The van der Waals surface area contributed by atoms with Gasteiger partial charge in [0.2, 0.25) is 5.91 Å². The molecule has 0 unspecified atom stereocenters. The van der Waals surface area contributed by atoms with Crippen LogP contribution in [0.15, 0.2) is 24.3 Å². The molecule has 1 aliphatic heterocycles. The molecule has 0 radical (unpaired) electrons. The zero-order chi connectivity index (χ0) is 16.8. The predicted molar refractivity (Wildman–Crippen MR) is 96.8 cm³/mol. The van der Waals surface area contributed by atoms with Crippen molar-refractivity contribution >= 4 is 30.0 Å². The number of carbonyl (C=O) groups excluding carboxylic acids is 1. The summed E-state index contributed by atoms with van der Waals surface area (Å²) in [6, 6.07) is 8.03. The number of carboxylic acids is 1. The first-order valence-corrected chi connectivity index (χ1v) is 7.95. The van der Waals surface area contributed by atoms with Crippen LogP contribution in [0.1, 0.15) is 18.4 Å². The molecule has 7 heteroatoms. The van der Waals surface area contributed by atoms with Gasteiger partial charge in [0.1, 0.15) is 0 Å². The van der Waals surface area contributed by atoms with Gasteiger partial charge in [0, 0.05) is 24.8 Å². The van der Waals surface area contributed by atoms with Crippen LogP contribution in [0.2, 0.25) is 0 Å². The van der Waals surface area contributed by atoms with Gasteiger partial charge in [-0.05, 0) is 38.9 Å². The third kappa shape index (κ3) is 6.47. The number of rotatable bonds is 6. The lowest BCUT2D eigenvalue weighted by atomic mass is 10.0. The smallest absolute Gasteiger partial charge is 0.317 e.